The second kappa shape index (κ2) is 13.7. The standard InChI is InChI=1S/C45H42N4Si/c1-31-23-24-46-33(3)45(31)49(38-21-13-19-36(25-38)42-27-40(32(2)29-47-42)34-15-9-7-10-16-34)39-22-14-20-37(26-39)43-28-41(35-17-11-8-12-18-35)44(30-48-43)50(4,5)6/h7-30H,1-6H3. The zero-order valence-electron chi connectivity index (χ0n) is 29.6. The Balaban J connectivity index is 1.36. The van der Waals surface area contributed by atoms with Gasteiger partial charge in [0, 0.05) is 41.1 Å². The zero-order valence-corrected chi connectivity index (χ0v) is 30.6. The van der Waals surface area contributed by atoms with Gasteiger partial charge in [0.15, 0.2) is 0 Å². The van der Waals surface area contributed by atoms with Gasteiger partial charge in [-0.15, -0.1) is 0 Å². The molecule has 4 aromatic carbocycles. The number of aryl methyl sites for hydroxylation is 3. The van der Waals surface area contributed by atoms with Crippen molar-refractivity contribution >= 4 is 30.3 Å². The number of hydrogen-bond donors (Lipinski definition) is 0. The molecule has 0 spiro atoms. The molecule has 0 unspecified atom stereocenters. The summed E-state index contributed by atoms with van der Waals surface area (Å²) in [6.45, 7) is 13.5. The fourth-order valence-electron chi connectivity index (χ4n) is 6.72. The van der Waals surface area contributed by atoms with Gasteiger partial charge in [-0.3, -0.25) is 15.0 Å². The summed E-state index contributed by atoms with van der Waals surface area (Å²) in [5.41, 5.74) is 15.3. The van der Waals surface area contributed by atoms with Crippen LogP contribution in [0.4, 0.5) is 17.1 Å². The minimum Gasteiger partial charge on any atom is -0.308 e. The largest absolute Gasteiger partial charge is 0.308 e. The third kappa shape index (κ3) is 6.65. The van der Waals surface area contributed by atoms with Crippen LogP contribution in [-0.2, 0) is 0 Å². The molecule has 246 valence electrons. The van der Waals surface area contributed by atoms with Crippen molar-refractivity contribution < 1.29 is 0 Å². The van der Waals surface area contributed by atoms with Gasteiger partial charge in [0.25, 0.3) is 0 Å². The molecule has 0 saturated carbocycles. The van der Waals surface area contributed by atoms with Crippen molar-refractivity contribution in [3.63, 3.8) is 0 Å². The Hall–Kier alpha value is -5.65. The van der Waals surface area contributed by atoms with Crippen molar-refractivity contribution in [3.8, 4) is 44.8 Å². The van der Waals surface area contributed by atoms with Crippen molar-refractivity contribution in [1.82, 2.24) is 15.0 Å². The van der Waals surface area contributed by atoms with Crippen LogP contribution in [0.5, 0.6) is 0 Å². The number of benzene rings is 4. The number of nitrogens with zero attached hydrogens (tertiary/aromatic N) is 4. The lowest BCUT2D eigenvalue weighted by atomic mass is 9.99. The molecule has 0 bridgehead atoms. The normalized spacial score (nSPS) is 11.4. The second-order valence-corrected chi connectivity index (χ2v) is 19.0. The van der Waals surface area contributed by atoms with Crippen molar-refractivity contribution in [2.24, 2.45) is 0 Å². The zero-order chi connectivity index (χ0) is 34.8. The maximum absolute atomic E-state index is 5.07. The van der Waals surface area contributed by atoms with Gasteiger partial charge in [0.2, 0.25) is 0 Å². The summed E-state index contributed by atoms with van der Waals surface area (Å²) in [5, 5.41) is 1.36. The molecule has 0 saturated heterocycles. The van der Waals surface area contributed by atoms with E-state index in [1.54, 1.807) is 0 Å². The smallest absolute Gasteiger partial charge is 0.0804 e. The van der Waals surface area contributed by atoms with E-state index in [1.165, 1.54) is 27.4 Å². The molecular weight excluding hydrogens is 625 g/mol. The van der Waals surface area contributed by atoms with Crippen LogP contribution in [0.15, 0.2) is 146 Å². The van der Waals surface area contributed by atoms with Crippen LogP contribution in [0.2, 0.25) is 19.6 Å². The number of aromatic nitrogens is 3. The summed E-state index contributed by atoms with van der Waals surface area (Å²) < 4.78 is 0. The first kappa shape index (κ1) is 32.9. The highest BCUT2D eigenvalue weighted by Crippen LogP contribution is 2.41. The molecule has 0 amide bonds. The van der Waals surface area contributed by atoms with Gasteiger partial charge in [-0.25, -0.2) is 0 Å². The van der Waals surface area contributed by atoms with Crippen LogP contribution < -0.4 is 10.1 Å². The van der Waals surface area contributed by atoms with Crippen molar-refractivity contribution in [3.05, 3.63) is 163 Å². The monoisotopic (exact) mass is 666 g/mol. The van der Waals surface area contributed by atoms with Gasteiger partial charge in [0.1, 0.15) is 0 Å². The molecule has 0 aliphatic rings. The summed E-state index contributed by atoms with van der Waals surface area (Å²) in [4.78, 5) is 17.0. The van der Waals surface area contributed by atoms with E-state index in [1.807, 2.05) is 12.4 Å². The van der Waals surface area contributed by atoms with Gasteiger partial charge < -0.3 is 4.90 Å². The quantitative estimate of drug-likeness (QED) is 0.151. The molecule has 0 aliphatic heterocycles. The van der Waals surface area contributed by atoms with E-state index in [2.05, 4.69) is 179 Å². The lowest BCUT2D eigenvalue weighted by Gasteiger charge is -2.29. The first-order valence-corrected chi connectivity index (χ1v) is 20.7. The van der Waals surface area contributed by atoms with Gasteiger partial charge in [0.05, 0.1) is 30.8 Å². The minimum absolute atomic E-state index is 0.935. The SMILES string of the molecule is Cc1cnc(-c2cccc(N(c3cccc(-c4cc(-c5ccccc5)c([Si](C)(C)C)cn4)c3)c3c(C)ccnc3C)c2)cc1-c1ccccc1. The van der Waals surface area contributed by atoms with Crippen molar-refractivity contribution in [2.45, 2.75) is 40.4 Å². The predicted octanol–water partition coefficient (Wildman–Crippen LogP) is 11.5. The summed E-state index contributed by atoms with van der Waals surface area (Å²) in [7, 11) is -1.66. The van der Waals surface area contributed by atoms with Crippen LogP contribution in [-0.4, -0.2) is 23.0 Å². The Labute approximate surface area is 297 Å². The molecule has 0 radical (unpaired) electrons. The third-order valence-electron chi connectivity index (χ3n) is 9.32. The van der Waals surface area contributed by atoms with Crippen molar-refractivity contribution in [1.29, 1.82) is 0 Å². The molecule has 0 fully saturated rings. The van der Waals surface area contributed by atoms with Gasteiger partial charge >= 0.3 is 0 Å². The van der Waals surface area contributed by atoms with Crippen LogP contribution in [0.1, 0.15) is 16.8 Å². The van der Waals surface area contributed by atoms with Crippen LogP contribution in [0.25, 0.3) is 44.8 Å². The summed E-state index contributed by atoms with van der Waals surface area (Å²) in [6.07, 6.45) is 5.98. The molecule has 3 aromatic heterocycles. The molecule has 4 nitrogen and oxygen atoms in total. The number of anilines is 3. The topological polar surface area (TPSA) is 41.9 Å². The van der Waals surface area contributed by atoms with E-state index in [9.17, 15) is 0 Å². The maximum atomic E-state index is 5.07. The fraction of sp³-hybridized carbons (Fsp3) is 0.133. The summed E-state index contributed by atoms with van der Waals surface area (Å²) in [5.74, 6) is 0. The van der Waals surface area contributed by atoms with E-state index in [4.69, 9.17) is 15.0 Å². The molecule has 0 atom stereocenters. The Kier molecular flexibility index (Phi) is 9.00. The lowest BCUT2D eigenvalue weighted by molar-refractivity contribution is 1.12. The average Bonchev–Trinajstić information content (AvgIpc) is 3.13. The highest BCUT2D eigenvalue weighted by Gasteiger charge is 2.23. The summed E-state index contributed by atoms with van der Waals surface area (Å²) in [6, 6.07) is 45.2. The number of hydrogen-bond acceptors (Lipinski definition) is 4. The van der Waals surface area contributed by atoms with Gasteiger partial charge in [-0.1, -0.05) is 105 Å². The van der Waals surface area contributed by atoms with E-state index < -0.39 is 8.07 Å². The molecule has 7 aromatic rings. The van der Waals surface area contributed by atoms with Gasteiger partial charge in [-0.05, 0) is 102 Å². The van der Waals surface area contributed by atoms with E-state index in [0.29, 0.717) is 0 Å². The molecule has 3 heterocycles. The Morgan fingerprint density at radius 3 is 1.56 bits per heavy atom. The average molecular weight is 667 g/mol. The molecule has 0 aliphatic carbocycles. The minimum atomic E-state index is -1.66. The predicted molar refractivity (Wildman–Crippen MR) is 213 cm³/mol. The first-order chi connectivity index (χ1) is 24.2. The number of pyridine rings is 3. The summed E-state index contributed by atoms with van der Waals surface area (Å²) >= 11 is 0. The van der Waals surface area contributed by atoms with Crippen LogP contribution in [0, 0.1) is 20.8 Å². The van der Waals surface area contributed by atoms with E-state index >= 15 is 0 Å². The molecular formula is C45H42N4Si. The Morgan fingerprint density at radius 2 is 1.00 bits per heavy atom. The van der Waals surface area contributed by atoms with Crippen LogP contribution in [0.3, 0.4) is 0 Å². The highest BCUT2D eigenvalue weighted by atomic mass is 28.3. The van der Waals surface area contributed by atoms with Gasteiger partial charge in [-0.2, -0.15) is 0 Å². The van der Waals surface area contributed by atoms with Crippen molar-refractivity contribution in [2.75, 3.05) is 4.90 Å². The first-order valence-electron chi connectivity index (χ1n) is 17.2. The Morgan fingerprint density at radius 1 is 0.480 bits per heavy atom. The molecule has 50 heavy (non-hydrogen) atoms. The number of rotatable bonds is 8. The lowest BCUT2D eigenvalue weighted by Crippen LogP contribution is -2.39. The maximum Gasteiger partial charge on any atom is 0.0804 e. The van der Waals surface area contributed by atoms with Crippen LogP contribution >= 0.6 is 0 Å². The third-order valence-corrected chi connectivity index (χ3v) is 11.3. The second-order valence-electron chi connectivity index (χ2n) is 14.0. The molecule has 0 N–H and O–H groups in total. The van der Waals surface area contributed by atoms with E-state index in [-0.39, 0.29) is 0 Å². The Bertz CT molecular complexity index is 2270. The molecule has 5 heteroatoms. The van der Waals surface area contributed by atoms with E-state index in [0.717, 1.165) is 56.4 Å². The fourth-order valence-corrected chi connectivity index (χ4v) is 8.19. The highest BCUT2D eigenvalue weighted by molar-refractivity contribution is 6.89. The molecule has 7 rings (SSSR count).